The molecule has 0 aliphatic carbocycles. The molecule has 106 valence electrons. The van der Waals surface area contributed by atoms with E-state index in [-0.39, 0.29) is 16.9 Å². The summed E-state index contributed by atoms with van der Waals surface area (Å²) in [5.74, 6) is -0.510. The number of Topliss-reactive ketones (excluding diaryl/α,β-unsaturated/α-hetero) is 1. The number of allylic oxidation sites excluding steroid dienone is 1. The van der Waals surface area contributed by atoms with Crippen molar-refractivity contribution >= 4 is 17.5 Å². The summed E-state index contributed by atoms with van der Waals surface area (Å²) in [6.45, 7) is 0. The minimum Gasteiger partial charge on any atom is -0.289 e. The van der Waals surface area contributed by atoms with E-state index in [1.165, 1.54) is 18.2 Å². The lowest BCUT2D eigenvalue weighted by Crippen LogP contribution is -2.01. The van der Waals surface area contributed by atoms with Crippen LogP contribution in [0.1, 0.15) is 15.9 Å². The third kappa shape index (κ3) is 3.52. The minimum atomic E-state index is -0.510. The lowest BCUT2D eigenvalue weighted by Gasteiger charge is -2.04. The first kappa shape index (κ1) is 14.9. The zero-order chi connectivity index (χ0) is 15.8. The van der Waals surface area contributed by atoms with Gasteiger partial charge in [-0.2, -0.15) is 0 Å². The number of rotatable bonds is 5. The predicted molar refractivity (Wildman–Crippen MR) is 83.1 cm³/mol. The standard InChI is InChI=1S/C15H10N6O/c16-20-18-13-9-5-4-8-12(13)15(22)14(19-21-17)10-11-6-2-1-3-7-11/h1-10H. The topological polar surface area (TPSA) is 115 Å². The summed E-state index contributed by atoms with van der Waals surface area (Å²) in [4.78, 5) is 17.9. The van der Waals surface area contributed by atoms with Gasteiger partial charge in [-0.1, -0.05) is 64.8 Å². The zero-order valence-electron chi connectivity index (χ0n) is 11.4. The van der Waals surface area contributed by atoms with Crippen molar-refractivity contribution in [2.45, 2.75) is 0 Å². The molecule has 0 aliphatic heterocycles. The Kier molecular flexibility index (Phi) is 4.94. The maximum Gasteiger partial charge on any atom is 0.195 e. The molecule has 0 saturated heterocycles. The number of carbonyl (C=O) groups is 1. The van der Waals surface area contributed by atoms with E-state index in [9.17, 15) is 4.79 Å². The smallest absolute Gasteiger partial charge is 0.195 e. The molecular formula is C15H10N6O. The number of hydrogen-bond donors (Lipinski definition) is 0. The number of benzene rings is 2. The third-order valence-corrected chi connectivity index (χ3v) is 2.79. The first-order chi connectivity index (χ1) is 10.8. The van der Waals surface area contributed by atoms with Gasteiger partial charge in [-0.25, -0.2) is 0 Å². The molecule has 0 fully saturated rings. The molecule has 0 spiro atoms. The molecule has 22 heavy (non-hydrogen) atoms. The fourth-order valence-corrected chi connectivity index (χ4v) is 1.83. The van der Waals surface area contributed by atoms with Gasteiger partial charge in [0.05, 0.1) is 5.70 Å². The number of nitrogens with zero attached hydrogens (tertiary/aromatic N) is 6. The van der Waals surface area contributed by atoms with Gasteiger partial charge >= 0.3 is 0 Å². The van der Waals surface area contributed by atoms with Crippen LogP contribution in [0.3, 0.4) is 0 Å². The van der Waals surface area contributed by atoms with Crippen molar-refractivity contribution in [1.82, 2.24) is 0 Å². The second-order valence-electron chi connectivity index (χ2n) is 4.17. The van der Waals surface area contributed by atoms with E-state index in [1.54, 1.807) is 36.4 Å². The fraction of sp³-hybridized carbons (Fsp3) is 0. The molecule has 0 N–H and O–H groups in total. The van der Waals surface area contributed by atoms with Crippen LogP contribution in [0.15, 0.2) is 70.5 Å². The molecule has 0 atom stereocenters. The van der Waals surface area contributed by atoms with Crippen LogP contribution in [-0.2, 0) is 0 Å². The average Bonchev–Trinajstić information content (AvgIpc) is 2.56. The predicted octanol–water partition coefficient (Wildman–Crippen LogP) is 5.16. The van der Waals surface area contributed by atoms with Gasteiger partial charge in [-0.3, -0.25) is 4.79 Å². The molecule has 0 bridgehead atoms. The SMILES string of the molecule is [N-]=[N+]=NC(=Cc1ccccc1)C(=O)c1ccccc1N=[N+]=[N-]. The van der Waals surface area contributed by atoms with Gasteiger partial charge in [0.25, 0.3) is 0 Å². The van der Waals surface area contributed by atoms with Crippen LogP contribution in [0.2, 0.25) is 0 Å². The summed E-state index contributed by atoms with van der Waals surface area (Å²) >= 11 is 0. The third-order valence-electron chi connectivity index (χ3n) is 2.79. The van der Waals surface area contributed by atoms with E-state index >= 15 is 0 Å². The lowest BCUT2D eigenvalue weighted by atomic mass is 10.0. The normalized spacial score (nSPS) is 10.3. The molecule has 7 heteroatoms. The highest BCUT2D eigenvalue weighted by atomic mass is 16.1. The van der Waals surface area contributed by atoms with Crippen molar-refractivity contribution < 1.29 is 4.79 Å². The Morgan fingerprint density at radius 2 is 1.64 bits per heavy atom. The van der Waals surface area contributed by atoms with Gasteiger partial charge in [0.1, 0.15) is 0 Å². The van der Waals surface area contributed by atoms with Crippen molar-refractivity contribution in [1.29, 1.82) is 0 Å². The van der Waals surface area contributed by atoms with Crippen molar-refractivity contribution in [3.8, 4) is 0 Å². The van der Waals surface area contributed by atoms with E-state index in [0.717, 1.165) is 5.56 Å². The van der Waals surface area contributed by atoms with Crippen LogP contribution in [0, 0.1) is 0 Å². The first-order valence-electron chi connectivity index (χ1n) is 6.27. The Bertz CT molecular complexity index is 815. The quantitative estimate of drug-likeness (QED) is 0.244. The Hall–Kier alpha value is -3.53. The maximum atomic E-state index is 12.5. The molecule has 2 rings (SSSR count). The number of ketones is 1. The Balaban J connectivity index is 2.50. The van der Waals surface area contributed by atoms with E-state index in [4.69, 9.17) is 11.1 Å². The summed E-state index contributed by atoms with van der Waals surface area (Å²) < 4.78 is 0. The fourth-order valence-electron chi connectivity index (χ4n) is 1.83. The monoisotopic (exact) mass is 290 g/mol. The van der Waals surface area contributed by atoms with E-state index in [1.807, 2.05) is 6.07 Å². The van der Waals surface area contributed by atoms with Gasteiger partial charge in [0, 0.05) is 21.1 Å². The second kappa shape index (κ2) is 7.31. The highest BCUT2D eigenvalue weighted by Gasteiger charge is 2.14. The molecule has 0 unspecified atom stereocenters. The van der Waals surface area contributed by atoms with Crippen molar-refractivity contribution in [3.05, 3.63) is 92.3 Å². The van der Waals surface area contributed by atoms with Crippen LogP contribution >= 0.6 is 0 Å². The maximum absolute atomic E-state index is 12.5. The molecule has 2 aromatic carbocycles. The van der Waals surface area contributed by atoms with E-state index < -0.39 is 5.78 Å². The van der Waals surface area contributed by atoms with Gasteiger partial charge in [0.15, 0.2) is 5.78 Å². The Labute approximate surface area is 125 Å². The highest BCUT2D eigenvalue weighted by Crippen LogP contribution is 2.23. The zero-order valence-corrected chi connectivity index (χ0v) is 11.4. The van der Waals surface area contributed by atoms with E-state index in [2.05, 4.69) is 20.1 Å². The van der Waals surface area contributed by atoms with Crippen LogP contribution in [-0.4, -0.2) is 5.78 Å². The molecule has 0 aliphatic rings. The van der Waals surface area contributed by atoms with Gasteiger partial charge in [-0.05, 0) is 22.7 Å². The Morgan fingerprint density at radius 1 is 0.955 bits per heavy atom. The lowest BCUT2D eigenvalue weighted by molar-refractivity contribution is 0.103. The first-order valence-corrected chi connectivity index (χ1v) is 6.27. The van der Waals surface area contributed by atoms with Crippen molar-refractivity contribution in [2.75, 3.05) is 0 Å². The Morgan fingerprint density at radius 3 is 2.32 bits per heavy atom. The van der Waals surface area contributed by atoms with Crippen LogP contribution in [0.4, 0.5) is 5.69 Å². The molecule has 0 aromatic heterocycles. The average molecular weight is 290 g/mol. The molecule has 7 nitrogen and oxygen atoms in total. The van der Waals surface area contributed by atoms with Crippen LogP contribution in [0.25, 0.3) is 27.0 Å². The summed E-state index contributed by atoms with van der Waals surface area (Å²) in [5, 5.41) is 6.93. The molecule has 0 saturated carbocycles. The summed E-state index contributed by atoms with van der Waals surface area (Å²) in [5.41, 5.74) is 18.2. The van der Waals surface area contributed by atoms with Crippen molar-refractivity contribution in [2.24, 2.45) is 10.2 Å². The van der Waals surface area contributed by atoms with Gasteiger partial charge in [0.2, 0.25) is 0 Å². The molecule has 0 heterocycles. The summed E-state index contributed by atoms with van der Waals surface area (Å²) in [7, 11) is 0. The van der Waals surface area contributed by atoms with Gasteiger partial charge < -0.3 is 0 Å². The van der Waals surface area contributed by atoms with Crippen molar-refractivity contribution in [3.63, 3.8) is 0 Å². The van der Waals surface area contributed by atoms with Gasteiger partial charge in [-0.15, -0.1) is 0 Å². The molecule has 0 radical (unpaired) electrons. The summed E-state index contributed by atoms with van der Waals surface area (Å²) in [6.07, 6.45) is 1.48. The molecule has 2 aromatic rings. The molecular weight excluding hydrogens is 280 g/mol. The van der Waals surface area contributed by atoms with Crippen LogP contribution in [0.5, 0.6) is 0 Å². The van der Waals surface area contributed by atoms with Crippen LogP contribution < -0.4 is 0 Å². The molecule has 0 amide bonds. The number of hydrogen-bond acceptors (Lipinski definition) is 3. The summed E-state index contributed by atoms with van der Waals surface area (Å²) in [6, 6.07) is 15.3. The van der Waals surface area contributed by atoms with E-state index in [0.29, 0.717) is 0 Å². The number of carbonyl (C=O) groups excluding carboxylic acids is 1. The second-order valence-corrected chi connectivity index (χ2v) is 4.17. The number of azide groups is 2. The minimum absolute atomic E-state index is 0.0747. The largest absolute Gasteiger partial charge is 0.289 e. The highest BCUT2D eigenvalue weighted by molar-refractivity contribution is 6.13.